The van der Waals surface area contributed by atoms with Crippen LogP contribution in [0.4, 0.5) is 0 Å². The lowest BCUT2D eigenvalue weighted by Gasteiger charge is -2.03. The normalized spacial score (nSPS) is 9.35. The molecule has 0 unspecified atom stereocenters. The van der Waals surface area contributed by atoms with Gasteiger partial charge in [0, 0.05) is 6.20 Å². The van der Waals surface area contributed by atoms with Gasteiger partial charge in [0.05, 0.1) is 14.2 Å². The molecular formula is C11H10ClNO4. The van der Waals surface area contributed by atoms with Crippen molar-refractivity contribution in [3.8, 4) is 0 Å². The topological polar surface area (TPSA) is 65.5 Å². The molecule has 6 heteroatoms. The van der Waals surface area contributed by atoms with Gasteiger partial charge >= 0.3 is 11.9 Å². The van der Waals surface area contributed by atoms with Crippen LogP contribution < -0.4 is 0 Å². The lowest BCUT2D eigenvalue weighted by molar-refractivity contribution is -0.143. The van der Waals surface area contributed by atoms with E-state index in [1.54, 1.807) is 12.1 Å². The molecule has 0 amide bonds. The minimum absolute atomic E-state index is 0.209. The number of nitrogens with zero attached hydrogens (tertiary/aromatic N) is 1. The van der Waals surface area contributed by atoms with Gasteiger partial charge in [0.2, 0.25) is 0 Å². The second-order valence-corrected chi connectivity index (χ2v) is 3.34. The third-order valence-electron chi connectivity index (χ3n) is 1.87. The first-order valence-corrected chi connectivity index (χ1v) is 4.96. The third-order valence-corrected chi connectivity index (χ3v) is 2.10. The molecule has 0 saturated carbocycles. The fourth-order valence-electron chi connectivity index (χ4n) is 1.06. The average molecular weight is 256 g/mol. The van der Waals surface area contributed by atoms with E-state index in [1.165, 1.54) is 26.5 Å². The summed E-state index contributed by atoms with van der Waals surface area (Å²) in [6.45, 7) is 0. The van der Waals surface area contributed by atoms with Crippen LogP contribution in [0.25, 0.3) is 6.08 Å². The number of carbonyl (C=O) groups is 2. The second-order valence-electron chi connectivity index (χ2n) is 2.96. The maximum absolute atomic E-state index is 11.3. The number of pyridine rings is 1. The van der Waals surface area contributed by atoms with Crippen LogP contribution in [0.3, 0.4) is 0 Å². The summed E-state index contributed by atoms with van der Waals surface area (Å²) in [5.41, 5.74) is 0.333. The van der Waals surface area contributed by atoms with E-state index in [0.29, 0.717) is 10.7 Å². The van der Waals surface area contributed by atoms with E-state index in [4.69, 9.17) is 11.6 Å². The number of hydrogen-bond acceptors (Lipinski definition) is 5. The van der Waals surface area contributed by atoms with Crippen LogP contribution >= 0.6 is 11.6 Å². The van der Waals surface area contributed by atoms with Crippen molar-refractivity contribution in [1.29, 1.82) is 0 Å². The first-order chi connectivity index (χ1) is 8.08. The highest BCUT2D eigenvalue weighted by atomic mass is 35.5. The lowest BCUT2D eigenvalue weighted by Crippen LogP contribution is -2.15. The minimum atomic E-state index is -0.771. The summed E-state index contributed by atoms with van der Waals surface area (Å²) < 4.78 is 8.95. The van der Waals surface area contributed by atoms with Gasteiger partial charge in [-0.3, -0.25) is 0 Å². The van der Waals surface area contributed by atoms with Gasteiger partial charge < -0.3 is 9.47 Å². The van der Waals surface area contributed by atoms with E-state index >= 15 is 0 Å². The maximum Gasteiger partial charge on any atom is 0.345 e. The van der Waals surface area contributed by atoms with E-state index in [2.05, 4.69) is 14.5 Å². The van der Waals surface area contributed by atoms with Gasteiger partial charge in [-0.15, -0.1) is 0 Å². The van der Waals surface area contributed by atoms with Gasteiger partial charge in [0.1, 0.15) is 10.7 Å². The number of rotatable bonds is 3. The molecule has 0 saturated heterocycles. The summed E-state index contributed by atoms with van der Waals surface area (Å²) in [5.74, 6) is -1.54. The zero-order valence-electron chi connectivity index (χ0n) is 9.27. The molecule has 1 aromatic rings. The molecule has 0 spiro atoms. The average Bonchev–Trinajstić information content (AvgIpc) is 2.36. The SMILES string of the molecule is COC(=O)C(=Cc1ccc(Cl)nc1)C(=O)OC. The van der Waals surface area contributed by atoms with E-state index in [1.807, 2.05) is 0 Å². The highest BCUT2D eigenvalue weighted by Gasteiger charge is 2.19. The summed E-state index contributed by atoms with van der Waals surface area (Å²) in [4.78, 5) is 26.5. The van der Waals surface area contributed by atoms with E-state index < -0.39 is 11.9 Å². The molecule has 0 aliphatic rings. The van der Waals surface area contributed by atoms with Gasteiger partial charge in [-0.05, 0) is 17.7 Å². The number of carbonyl (C=O) groups excluding carboxylic acids is 2. The van der Waals surface area contributed by atoms with Crippen LogP contribution in [0.15, 0.2) is 23.9 Å². The molecule has 5 nitrogen and oxygen atoms in total. The van der Waals surface area contributed by atoms with Crippen molar-refractivity contribution in [2.24, 2.45) is 0 Å². The van der Waals surface area contributed by atoms with Crippen molar-refractivity contribution in [1.82, 2.24) is 4.98 Å². The van der Waals surface area contributed by atoms with Crippen LogP contribution in [0.2, 0.25) is 5.15 Å². The Kier molecular flexibility index (Phi) is 4.66. The molecule has 90 valence electrons. The van der Waals surface area contributed by atoms with Gasteiger partial charge in [-0.25, -0.2) is 14.6 Å². The smallest absolute Gasteiger partial charge is 0.345 e. The Morgan fingerprint density at radius 1 is 1.24 bits per heavy atom. The number of halogens is 1. The molecular weight excluding hydrogens is 246 g/mol. The molecule has 1 aromatic heterocycles. The van der Waals surface area contributed by atoms with Gasteiger partial charge in [-0.1, -0.05) is 17.7 Å². The molecule has 17 heavy (non-hydrogen) atoms. The molecule has 0 N–H and O–H groups in total. The van der Waals surface area contributed by atoms with Crippen LogP contribution in [0.1, 0.15) is 5.56 Å². The Bertz CT molecular complexity index is 435. The summed E-state index contributed by atoms with van der Waals surface area (Å²) in [7, 11) is 2.36. The zero-order chi connectivity index (χ0) is 12.8. The second kappa shape index (κ2) is 6.00. The minimum Gasteiger partial charge on any atom is -0.465 e. The summed E-state index contributed by atoms with van der Waals surface area (Å²) in [6, 6.07) is 3.15. The van der Waals surface area contributed by atoms with Crippen LogP contribution in [0.5, 0.6) is 0 Å². The molecule has 0 aliphatic carbocycles. The van der Waals surface area contributed by atoms with Crippen molar-refractivity contribution < 1.29 is 19.1 Å². The zero-order valence-corrected chi connectivity index (χ0v) is 10.0. The predicted octanol–water partition coefficient (Wildman–Crippen LogP) is 1.46. The molecule has 0 atom stereocenters. The lowest BCUT2D eigenvalue weighted by atomic mass is 10.1. The Balaban J connectivity index is 3.09. The van der Waals surface area contributed by atoms with Crippen LogP contribution in [0, 0.1) is 0 Å². The predicted molar refractivity (Wildman–Crippen MR) is 61.3 cm³/mol. The third kappa shape index (κ3) is 3.57. The fourth-order valence-corrected chi connectivity index (χ4v) is 1.17. The number of methoxy groups -OCH3 is 2. The monoisotopic (exact) mass is 255 g/mol. The summed E-state index contributed by atoms with van der Waals surface area (Å²) in [6.07, 6.45) is 2.75. The Labute approximate surface area is 103 Å². The van der Waals surface area contributed by atoms with E-state index in [0.717, 1.165) is 0 Å². The Hall–Kier alpha value is -1.88. The fraction of sp³-hybridized carbons (Fsp3) is 0.182. The van der Waals surface area contributed by atoms with Crippen molar-refractivity contribution in [3.05, 3.63) is 34.6 Å². The first-order valence-electron chi connectivity index (χ1n) is 4.58. The van der Waals surface area contributed by atoms with E-state index in [-0.39, 0.29) is 5.57 Å². The molecule has 0 aromatic carbocycles. The van der Waals surface area contributed by atoms with Crippen molar-refractivity contribution >= 4 is 29.6 Å². The molecule has 0 bridgehead atoms. The highest BCUT2D eigenvalue weighted by molar-refractivity contribution is 6.29. The first kappa shape index (κ1) is 13.2. The largest absolute Gasteiger partial charge is 0.465 e. The maximum atomic E-state index is 11.3. The van der Waals surface area contributed by atoms with Gasteiger partial charge in [0.15, 0.2) is 0 Å². The molecule has 0 radical (unpaired) electrons. The van der Waals surface area contributed by atoms with Crippen LogP contribution in [-0.4, -0.2) is 31.1 Å². The molecule has 1 rings (SSSR count). The van der Waals surface area contributed by atoms with Crippen LogP contribution in [-0.2, 0) is 19.1 Å². The van der Waals surface area contributed by atoms with Crippen molar-refractivity contribution in [3.63, 3.8) is 0 Å². The van der Waals surface area contributed by atoms with Gasteiger partial charge in [-0.2, -0.15) is 0 Å². The van der Waals surface area contributed by atoms with E-state index in [9.17, 15) is 9.59 Å². The molecule has 0 aliphatic heterocycles. The Morgan fingerprint density at radius 3 is 2.24 bits per heavy atom. The van der Waals surface area contributed by atoms with Crippen molar-refractivity contribution in [2.75, 3.05) is 14.2 Å². The quantitative estimate of drug-likeness (QED) is 0.269. The van der Waals surface area contributed by atoms with Gasteiger partial charge in [0.25, 0.3) is 0 Å². The standard InChI is InChI=1S/C11H10ClNO4/c1-16-10(14)8(11(15)17-2)5-7-3-4-9(12)13-6-7/h3-6H,1-2H3. The number of hydrogen-bond donors (Lipinski definition) is 0. The summed E-state index contributed by atoms with van der Waals surface area (Å²) in [5, 5.41) is 0.319. The molecule has 0 fully saturated rings. The number of aromatic nitrogens is 1. The molecule has 1 heterocycles. The number of ether oxygens (including phenoxy) is 2. The highest BCUT2D eigenvalue weighted by Crippen LogP contribution is 2.11. The van der Waals surface area contributed by atoms with Crippen molar-refractivity contribution in [2.45, 2.75) is 0 Å². The number of esters is 2. The Morgan fingerprint density at radius 2 is 1.82 bits per heavy atom. The summed E-state index contributed by atoms with van der Waals surface area (Å²) >= 11 is 5.61.